The minimum atomic E-state index is 0.0575. The van der Waals surface area contributed by atoms with E-state index >= 15 is 0 Å². The summed E-state index contributed by atoms with van der Waals surface area (Å²) in [5, 5.41) is 0. The number of nitrogens with zero attached hydrogens (tertiary/aromatic N) is 3. The van der Waals surface area contributed by atoms with Crippen molar-refractivity contribution in [2.45, 2.75) is 38.0 Å². The van der Waals surface area contributed by atoms with Crippen LogP contribution in [0.25, 0.3) is 5.69 Å². The summed E-state index contributed by atoms with van der Waals surface area (Å²) in [7, 11) is 0. The standard InChI is InChI=1S/C16H17N3/c1-16(2)9-17-14-7-12(5-6-13(14)16)19-8-15(18-10-19)11-3-4-11/h5-11H,3-4H2,1-2H3. The van der Waals surface area contributed by atoms with Gasteiger partial charge in [0, 0.05) is 29.4 Å². The lowest BCUT2D eigenvalue weighted by Gasteiger charge is -2.15. The van der Waals surface area contributed by atoms with Crippen LogP contribution in [0.1, 0.15) is 43.9 Å². The first-order chi connectivity index (χ1) is 9.13. The maximum Gasteiger partial charge on any atom is 0.0995 e. The highest BCUT2D eigenvalue weighted by Crippen LogP contribution is 2.40. The lowest BCUT2D eigenvalue weighted by atomic mass is 9.87. The molecule has 1 aromatic heterocycles. The number of benzene rings is 1. The van der Waals surface area contributed by atoms with Crippen LogP contribution in [0.2, 0.25) is 0 Å². The van der Waals surface area contributed by atoms with Gasteiger partial charge in [-0.2, -0.15) is 0 Å². The Hall–Kier alpha value is -1.90. The van der Waals surface area contributed by atoms with Crippen molar-refractivity contribution in [2.24, 2.45) is 4.99 Å². The highest BCUT2D eigenvalue weighted by Gasteiger charge is 2.27. The topological polar surface area (TPSA) is 30.2 Å². The molecule has 1 saturated carbocycles. The van der Waals surface area contributed by atoms with Gasteiger partial charge in [0.25, 0.3) is 0 Å². The molecule has 0 atom stereocenters. The van der Waals surface area contributed by atoms with E-state index in [1.807, 2.05) is 12.5 Å². The van der Waals surface area contributed by atoms with E-state index in [9.17, 15) is 0 Å². The van der Waals surface area contributed by atoms with Crippen LogP contribution in [-0.4, -0.2) is 15.8 Å². The molecule has 1 aromatic carbocycles. The molecule has 0 saturated heterocycles. The van der Waals surface area contributed by atoms with Gasteiger partial charge in [-0.25, -0.2) is 4.98 Å². The molecule has 96 valence electrons. The van der Waals surface area contributed by atoms with Crippen LogP contribution in [0, 0.1) is 0 Å². The predicted octanol–water partition coefficient (Wildman–Crippen LogP) is 3.74. The zero-order valence-corrected chi connectivity index (χ0v) is 11.3. The quantitative estimate of drug-likeness (QED) is 0.799. The smallest absolute Gasteiger partial charge is 0.0995 e. The first-order valence-electron chi connectivity index (χ1n) is 6.87. The summed E-state index contributed by atoms with van der Waals surface area (Å²) < 4.78 is 2.11. The summed E-state index contributed by atoms with van der Waals surface area (Å²) >= 11 is 0. The Morgan fingerprint density at radius 1 is 1.26 bits per heavy atom. The largest absolute Gasteiger partial charge is 0.306 e. The maximum atomic E-state index is 4.53. The van der Waals surface area contributed by atoms with Crippen LogP contribution in [0.5, 0.6) is 0 Å². The van der Waals surface area contributed by atoms with Crippen LogP contribution >= 0.6 is 0 Å². The predicted molar refractivity (Wildman–Crippen MR) is 76.7 cm³/mol. The first-order valence-corrected chi connectivity index (χ1v) is 6.87. The van der Waals surface area contributed by atoms with Gasteiger partial charge < -0.3 is 4.57 Å². The number of aliphatic imine (C=N–C) groups is 1. The van der Waals surface area contributed by atoms with Gasteiger partial charge >= 0.3 is 0 Å². The van der Waals surface area contributed by atoms with E-state index < -0.39 is 0 Å². The second kappa shape index (κ2) is 3.56. The third-order valence-electron chi connectivity index (χ3n) is 4.10. The molecule has 2 heterocycles. The SMILES string of the molecule is CC1(C)C=Nc2cc(-n3cnc(C4CC4)c3)ccc21. The maximum absolute atomic E-state index is 4.53. The number of fused-ring (bicyclic) bond motifs is 1. The van der Waals surface area contributed by atoms with Crippen molar-refractivity contribution in [3.63, 3.8) is 0 Å². The van der Waals surface area contributed by atoms with Crippen LogP contribution < -0.4 is 0 Å². The Morgan fingerprint density at radius 2 is 2.11 bits per heavy atom. The molecule has 1 aliphatic heterocycles. The number of hydrogen-bond acceptors (Lipinski definition) is 2. The highest BCUT2D eigenvalue weighted by molar-refractivity contribution is 5.84. The van der Waals surface area contributed by atoms with Gasteiger partial charge in [-0.05, 0) is 30.5 Å². The molecule has 3 heteroatoms. The molecule has 0 spiro atoms. The third-order valence-corrected chi connectivity index (χ3v) is 4.10. The van der Waals surface area contributed by atoms with Gasteiger partial charge in [0.05, 0.1) is 17.7 Å². The van der Waals surface area contributed by atoms with E-state index in [1.54, 1.807) is 0 Å². The first kappa shape index (κ1) is 11.0. The van der Waals surface area contributed by atoms with Gasteiger partial charge in [0.2, 0.25) is 0 Å². The van der Waals surface area contributed by atoms with Gasteiger partial charge in [0.15, 0.2) is 0 Å². The minimum Gasteiger partial charge on any atom is -0.306 e. The molecule has 4 rings (SSSR count). The molecule has 0 amide bonds. The normalized spacial score (nSPS) is 19.7. The Morgan fingerprint density at radius 3 is 2.89 bits per heavy atom. The summed E-state index contributed by atoms with van der Waals surface area (Å²) in [6, 6.07) is 6.50. The number of aromatic nitrogens is 2. The summed E-state index contributed by atoms with van der Waals surface area (Å²) in [5.74, 6) is 0.702. The van der Waals surface area contributed by atoms with Crippen molar-refractivity contribution in [1.82, 2.24) is 9.55 Å². The fourth-order valence-corrected chi connectivity index (χ4v) is 2.70. The van der Waals surface area contributed by atoms with Gasteiger partial charge in [-0.1, -0.05) is 19.9 Å². The number of rotatable bonds is 2. The van der Waals surface area contributed by atoms with E-state index in [0.29, 0.717) is 5.92 Å². The average Bonchev–Trinajstić information content (AvgIpc) is 3.05. The van der Waals surface area contributed by atoms with Crippen molar-refractivity contribution in [3.05, 3.63) is 42.0 Å². The Bertz CT molecular complexity index is 675. The Kier molecular flexibility index (Phi) is 2.06. The second-order valence-electron chi connectivity index (χ2n) is 6.16. The molecule has 1 aliphatic carbocycles. The summed E-state index contributed by atoms with van der Waals surface area (Å²) in [6.45, 7) is 4.40. The summed E-state index contributed by atoms with van der Waals surface area (Å²) in [6.07, 6.45) is 8.69. The Labute approximate surface area is 113 Å². The summed E-state index contributed by atoms with van der Waals surface area (Å²) in [4.78, 5) is 9.03. The monoisotopic (exact) mass is 251 g/mol. The second-order valence-corrected chi connectivity index (χ2v) is 6.16. The van der Waals surface area contributed by atoms with Crippen LogP contribution in [0.15, 0.2) is 35.7 Å². The molecule has 19 heavy (non-hydrogen) atoms. The fourth-order valence-electron chi connectivity index (χ4n) is 2.70. The minimum absolute atomic E-state index is 0.0575. The number of imidazole rings is 1. The highest BCUT2D eigenvalue weighted by atomic mass is 15.0. The molecule has 2 aliphatic rings. The van der Waals surface area contributed by atoms with Crippen LogP contribution in [-0.2, 0) is 5.41 Å². The summed E-state index contributed by atoms with van der Waals surface area (Å²) in [5.41, 5.74) is 4.82. The van der Waals surface area contributed by atoms with E-state index in [2.05, 4.69) is 52.8 Å². The van der Waals surface area contributed by atoms with Gasteiger partial charge in [-0.3, -0.25) is 4.99 Å². The zero-order valence-electron chi connectivity index (χ0n) is 11.3. The third kappa shape index (κ3) is 1.72. The van der Waals surface area contributed by atoms with Gasteiger partial charge in [-0.15, -0.1) is 0 Å². The fraction of sp³-hybridized carbons (Fsp3) is 0.375. The van der Waals surface area contributed by atoms with Crippen molar-refractivity contribution in [2.75, 3.05) is 0 Å². The van der Waals surface area contributed by atoms with Crippen molar-refractivity contribution in [3.8, 4) is 5.69 Å². The Balaban J connectivity index is 1.74. The van der Waals surface area contributed by atoms with Crippen LogP contribution in [0.3, 0.4) is 0 Å². The molecule has 0 radical (unpaired) electrons. The van der Waals surface area contributed by atoms with E-state index in [-0.39, 0.29) is 5.41 Å². The molecule has 0 unspecified atom stereocenters. The van der Waals surface area contributed by atoms with Gasteiger partial charge in [0.1, 0.15) is 0 Å². The van der Waals surface area contributed by atoms with E-state index in [4.69, 9.17) is 0 Å². The molecule has 0 bridgehead atoms. The van der Waals surface area contributed by atoms with Crippen LogP contribution in [0.4, 0.5) is 5.69 Å². The molecular formula is C16H17N3. The molecule has 2 aromatic rings. The van der Waals surface area contributed by atoms with Crippen molar-refractivity contribution in [1.29, 1.82) is 0 Å². The zero-order chi connectivity index (χ0) is 13.0. The lowest BCUT2D eigenvalue weighted by molar-refractivity contribution is 0.752. The molecule has 1 fully saturated rings. The van der Waals surface area contributed by atoms with E-state index in [1.165, 1.54) is 24.1 Å². The lowest BCUT2D eigenvalue weighted by Crippen LogP contribution is -2.14. The molecular weight excluding hydrogens is 234 g/mol. The van der Waals surface area contributed by atoms with Crippen molar-refractivity contribution >= 4 is 11.9 Å². The number of hydrogen-bond donors (Lipinski definition) is 0. The molecule has 0 N–H and O–H groups in total. The van der Waals surface area contributed by atoms with E-state index in [0.717, 1.165) is 11.4 Å². The molecule has 3 nitrogen and oxygen atoms in total. The average molecular weight is 251 g/mol. The van der Waals surface area contributed by atoms with Crippen molar-refractivity contribution < 1.29 is 0 Å².